The summed E-state index contributed by atoms with van der Waals surface area (Å²) in [7, 11) is -3.92. The van der Waals surface area contributed by atoms with Gasteiger partial charge in [0.1, 0.15) is 11.8 Å². The van der Waals surface area contributed by atoms with Gasteiger partial charge in [-0.3, -0.25) is 4.79 Å². The maximum atomic E-state index is 13.0. The van der Waals surface area contributed by atoms with Gasteiger partial charge in [0.15, 0.2) is 0 Å². The van der Waals surface area contributed by atoms with E-state index in [1.54, 1.807) is 12.1 Å². The molecule has 3 aromatic carbocycles. The molecular weight excluding hydrogens is 462 g/mol. The van der Waals surface area contributed by atoms with Gasteiger partial charge in [0, 0.05) is 5.56 Å². The monoisotopic (exact) mass is 493 g/mol. The molecule has 0 fully saturated rings. The Morgan fingerprint density at radius 3 is 2.40 bits per heavy atom. The number of aryl methyl sites for hydroxylation is 1. The van der Waals surface area contributed by atoms with Crippen molar-refractivity contribution in [3.63, 3.8) is 0 Å². The first-order valence-corrected chi connectivity index (χ1v) is 13.0. The van der Waals surface area contributed by atoms with E-state index in [1.807, 2.05) is 61.5 Å². The number of hydrogen-bond donors (Lipinski definition) is 2. The number of ether oxygens (including phenoxy) is 1. The molecule has 0 unspecified atom stereocenters. The number of hydrazone groups is 1. The van der Waals surface area contributed by atoms with Crippen LogP contribution in [0.4, 0.5) is 0 Å². The van der Waals surface area contributed by atoms with Gasteiger partial charge in [-0.15, -0.1) is 0 Å². The van der Waals surface area contributed by atoms with Gasteiger partial charge >= 0.3 is 0 Å². The summed E-state index contributed by atoms with van der Waals surface area (Å²) in [5.74, 6) is 0.102. The van der Waals surface area contributed by atoms with E-state index in [2.05, 4.69) is 22.2 Å². The number of nitrogens with one attached hydrogen (secondary N) is 2. The Kier molecular flexibility index (Phi) is 9.57. The molecule has 0 bridgehead atoms. The van der Waals surface area contributed by atoms with Crippen molar-refractivity contribution in [1.29, 1.82) is 0 Å². The SMILES string of the molecule is CCCCOc1ccccc1/C=N\NC(=O)[C@@H](Cc1ccccc1)NS(=O)(=O)c1ccc(C)cc1. The summed E-state index contributed by atoms with van der Waals surface area (Å²) < 4.78 is 34.3. The molecule has 0 aliphatic rings. The topological polar surface area (TPSA) is 96.9 Å². The lowest BCUT2D eigenvalue weighted by Gasteiger charge is -2.17. The van der Waals surface area contributed by atoms with Gasteiger partial charge in [-0.05, 0) is 49.6 Å². The van der Waals surface area contributed by atoms with Gasteiger partial charge in [-0.25, -0.2) is 13.8 Å². The van der Waals surface area contributed by atoms with E-state index in [0.717, 1.165) is 24.0 Å². The maximum Gasteiger partial charge on any atom is 0.258 e. The summed E-state index contributed by atoms with van der Waals surface area (Å²) in [6.07, 6.45) is 3.62. The van der Waals surface area contributed by atoms with Crippen molar-refractivity contribution >= 4 is 22.1 Å². The zero-order valence-corrected chi connectivity index (χ0v) is 20.8. The van der Waals surface area contributed by atoms with Crippen LogP contribution in [0, 0.1) is 6.92 Å². The number of benzene rings is 3. The van der Waals surface area contributed by atoms with Crippen LogP contribution in [0.2, 0.25) is 0 Å². The Labute approximate surface area is 207 Å². The lowest BCUT2D eigenvalue weighted by Crippen LogP contribution is -2.46. The normalized spacial score (nSPS) is 12.4. The van der Waals surface area contributed by atoms with Crippen LogP contribution < -0.4 is 14.9 Å². The summed E-state index contributed by atoms with van der Waals surface area (Å²) in [6.45, 7) is 4.55. The molecule has 1 atom stereocenters. The van der Waals surface area contributed by atoms with E-state index < -0.39 is 22.0 Å². The minimum absolute atomic E-state index is 0.0932. The number of hydrogen-bond acceptors (Lipinski definition) is 5. The number of rotatable bonds is 12. The summed E-state index contributed by atoms with van der Waals surface area (Å²) in [5.41, 5.74) is 4.95. The van der Waals surface area contributed by atoms with Gasteiger partial charge in [0.25, 0.3) is 5.91 Å². The Hall–Kier alpha value is -3.49. The van der Waals surface area contributed by atoms with Crippen molar-refractivity contribution in [1.82, 2.24) is 10.1 Å². The molecule has 35 heavy (non-hydrogen) atoms. The molecule has 2 N–H and O–H groups in total. The fraction of sp³-hybridized carbons (Fsp3) is 0.259. The Bertz CT molecular complexity index is 1230. The fourth-order valence-corrected chi connectivity index (χ4v) is 4.49. The molecular formula is C27H31N3O4S. The Morgan fingerprint density at radius 1 is 1.00 bits per heavy atom. The number of sulfonamides is 1. The molecule has 0 saturated carbocycles. The highest BCUT2D eigenvalue weighted by molar-refractivity contribution is 7.89. The fourth-order valence-electron chi connectivity index (χ4n) is 3.30. The van der Waals surface area contributed by atoms with Crippen molar-refractivity contribution in [2.24, 2.45) is 5.10 Å². The highest BCUT2D eigenvalue weighted by Gasteiger charge is 2.26. The molecule has 0 heterocycles. The number of nitrogens with zero attached hydrogens (tertiary/aromatic N) is 1. The zero-order chi connectivity index (χ0) is 25.1. The Balaban J connectivity index is 1.75. The average Bonchev–Trinajstić information content (AvgIpc) is 2.85. The largest absolute Gasteiger partial charge is 0.493 e. The second-order valence-corrected chi connectivity index (χ2v) is 9.86. The van der Waals surface area contributed by atoms with Crippen molar-refractivity contribution in [3.8, 4) is 5.75 Å². The van der Waals surface area contributed by atoms with Crippen molar-refractivity contribution < 1.29 is 17.9 Å². The zero-order valence-electron chi connectivity index (χ0n) is 20.0. The second kappa shape index (κ2) is 12.8. The third kappa shape index (κ3) is 8.05. The first-order chi connectivity index (χ1) is 16.9. The van der Waals surface area contributed by atoms with Gasteiger partial charge in [-0.1, -0.05) is 73.5 Å². The lowest BCUT2D eigenvalue weighted by atomic mass is 10.1. The first-order valence-electron chi connectivity index (χ1n) is 11.6. The molecule has 0 aliphatic heterocycles. The predicted octanol–water partition coefficient (Wildman–Crippen LogP) is 4.21. The third-order valence-electron chi connectivity index (χ3n) is 5.28. The lowest BCUT2D eigenvalue weighted by molar-refractivity contribution is -0.122. The van der Waals surface area contributed by atoms with Crippen LogP contribution >= 0.6 is 0 Å². The third-order valence-corrected chi connectivity index (χ3v) is 6.77. The number of carbonyl (C=O) groups excluding carboxylic acids is 1. The maximum absolute atomic E-state index is 13.0. The number of para-hydroxylation sites is 1. The van der Waals surface area contributed by atoms with Gasteiger partial charge < -0.3 is 4.74 Å². The van der Waals surface area contributed by atoms with Crippen LogP contribution in [0.15, 0.2) is 88.9 Å². The summed E-state index contributed by atoms with van der Waals surface area (Å²) in [6, 6.07) is 22.0. The molecule has 7 nitrogen and oxygen atoms in total. The molecule has 0 aromatic heterocycles. The van der Waals surface area contributed by atoms with Crippen LogP contribution in [0.5, 0.6) is 5.75 Å². The molecule has 3 rings (SSSR count). The molecule has 8 heteroatoms. The van der Waals surface area contributed by atoms with Gasteiger partial charge in [0.05, 0.1) is 17.7 Å². The van der Waals surface area contributed by atoms with E-state index in [1.165, 1.54) is 18.3 Å². The standard InChI is InChI=1S/C27H31N3O4S/c1-3-4-18-34-26-13-9-8-12-23(26)20-28-29-27(31)25(19-22-10-6-5-7-11-22)30-35(32,33)24-16-14-21(2)15-17-24/h5-17,20,25,30H,3-4,18-19H2,1-2H3,(H,29,31)/b28-20-/t25-/m1/s1. The molecule has 0 radical (unpaired) electrons. The van der Waals surface area contributed by atoms with Crippen LogP contribution in [-0.4, -0.2) is 33.2 Å². The Morgan fingerprint density at radius 2 is 1.69 bits per heavy atom. The van der Waals surface area contributed by atoms with E-state index in [9.17, 15) is 13.2 Å². The predicted molar refractivity (Wildman–Crippen MR) is 138 cm³/mol. The molecule has 0 spiro atoms. The van der Waals surface area contributed by atoms with Crippen LogP contribution in [0.25, 0.3) is 0 Å². The highest BCUT2D eigenvalue weighted by Crippen LogP contribution is 2.16. The first kappa shape index (κ1) is 26.1. The molecule has 3 aromatic rings. The number of unbranched alkanes of at least 4 members (excludes halogenated alkanes) is 1. The van der Waals surface area contributed by atoms with Crippen LogP contribution in [0.1, 0.15) is 36.5 Å². The average molecular weight is 494 g/mol. The molecule has 1 amide bonds. The van der Waals surface area contributed by atoms with E-state index in [0.29, 0.717) is 17.9 Å². The number of carbonyl (C=O) groups is 1. The van der Waals surface area contributed by atoms with Crippen LogP contribution in [0.3, 0.4) is 0 Å². The van der Waals surface area contributed by atoms with Crippen molar-refractivity contribution in [2.75, 3.05) is 6.61 Å². The minimum Gasteiger partial charge on any atom is -0.493 e. The summed E-state index contributed by atoms with van der Waals surface area (Å²) in [4.78, 5) is 13.1. The summed E-state index contributed by atoms with van der Waals surface area (Å²) in [5, 5.41) is 4.07. The van der Waals surface area contributed by atoms with E-state index in [4.69, 9.17) is 4.74 Å². The summed E-state index contributed by atoms with van der Waals surface area (Å²) >= 11 is 0. The number of amides is 1. The quantitative estimate of drug-likeness (QED) is 0.224. The minimum atomic E-state index is -3.92. The second-order valence-electron chi connectivity index (χ2n) is 8.15. The highest BCUT2D eigenvalue weighted by atomic mass is 32.2. The van der Waals surface area contributed by atoms with Gasteiger partial charge in [-0.2, -0.15) is 9.82 Å². The van der Waals surface area contributed by atoms with Crippen molar-refractivity contribution in [3.05, 3.63) is 95.6 Å². The van der Waals surface area contributed by atoms with Crippen molar-refractivity contribution in [2.45, 2.75) is 44.0 Å². The molecule has 184 valence electrons. The smallest absolute Gasteiger partial charge is 0.258 e. The van der Waals surface area contributed by atoms with E-state index >= 15 is 0 Å². The van der Waals surface area contributed by atoms with Crippen LogP contribution in [-0.2, 0) is 21.2 Å². The molecule has 0 aliphatic carbocycles. The van der Waals surface area contributed by atoms with E-state index in [-0.39, 0.29) is 11.3 Å². The van der Waals surface area contributed by atoms with Gasteiger partial charge in [0.2, 0.25) is 10.0 Å². The molecule has 0 saturated heterocycles.